The van der Waals surface area contributed by atoms with Crippen LogP contribution >= 0.6 is 0 Å². The minimum atomic E-state index is -1.66. The summed E-state index contributed by atoms with van der Waals surface area (Å²) in [7, 11) is 0. The van der Waals surface area contributed by atoms with E-state index in [2.05, 4.69) is 36.6 Å². The molecule has 0 unspecified atom stereocenters. The first-order chi connectivity index (χ1) is 17.9. The molecular formula is C23H37N9O6. The molecule has 1 aliphatic heterocycles. The average Bonchev–Trinajstić information content (AvgIpc) is 3.36. The molecule has 10 N–H and O–H groups in total. The van der Waals surface area contributed by atoms with Crippen LogP contribution in [0.25, 0.3) is 0 Å². The first kappa shape index (κ1) is 30.2. The Kier molecular flexibility index (Phi) is 11.2. The number of imidazole rings is 1. The topological polar surface area (TPSA) is 243 Å². The second-order valence-corrected chi connectivity index (χ2v) is 9.50. The van der Waals surface area contributed by atoms with Gasteiger partial charge >= 0.3 is 0 Å². The minimum Gasteiger partial charge on any atom is -0.367 e. The predicted molar refractivity (Wildman–Crippen MR) is 135 cm³/mol. The van der Waals surface area contributed by atoms with E-state index < -0.39 is 71.6 Å². The molecule has 1 aliphatic rings. The number of hydrogen-bond acceptors (Lipinski definition) is 8. The number of hydrogen-bond donors (Lipinski definition) is 8. The Morgan fingerprint density at radius 1 is 0.974 bits per heavy atom. The maximum Gasteiger partial charge on any atom is 0.252 e. The normalized spacial score (nSPS) is 27.1. The number of nitrogens with two attached hydrogens (primary N) is 2. The SMILES string of the molecule is CC(C)[C@@H]1NC(=O)[C@H](C)NC(=O)[C@H](Cc2ncc[nH]2)NC(=O)[C@@H](N)CCCCNC(=O)[C@@H](C(N)=O)NC1=O. The minimum absolute atomic E-state index is 0.0171. The molecule has 2 heterocycles. The van der Waals surface area contributed by atoms with Gasteiger partial charge in [0.25, 0.3) is 5.91 Å². The Morgan fingerprint density at radius 2 is 1.68 bits per heavy atom. The molecule has 0 radical (unpaired) electrons. The van der Waals surface area contributed by atoms with Crippen LogP contribution in [0.1, 0.15) is 45.9 Å². The quantitative estimate of drug-likeness (QED) is 0.181. The van der Waals surface area contributed by atoms with E-state index >= 15 is 0 Å². The lowest BCUT2D eigenvalue weighted by Gasteiger charge is -2.26. The monoisotopic (exact) mass is 535 g/mol. The van der Waals surface area contributed by atoms with E-state index in [1.54, 1.807) is 20.0 Å². The highest BCUT2D eigenvalue weighted by molar-refractivity contribution is 6.07. The summed E-state index contributed by atoms with van der Waals surface area (Å²) in [6.07, 6.45) is 4.20. The van der Waals surface area contributed by atoms with Crippen molar-refractivity contribution in [2.45, 2.75) is 76.7 Å². The number of nitrogens with one attached hydrogen (secondary N) is 6. The summed E-state index contributed by atoms with van der Waals surface area (Å²) in [5.41, 5.74) is 11.3. The lowest BCUT2D eigenvalue weighted by molar-refractivity contribution is -0.137. The number of aromatic amines is 1. The van der Waals surface area contributed by atoms with Gasteiger partial charge in [-0.2, -0.15) is 0 Å². The van der Waals surface area contributed by atoms with Crippen LogP contribution in [0, 0.1) is 5.92 Å². The molecule has 0 saturated carbocycles. The van der Waals surface area contributed by atoms with Gasteiger partial charge in [0.15, 0.2) is 6.04 Å². The smallest absolute Gasteiger partial charge is 0.252 e. The number of amides is 6. The third kappa shape index (κ3) is 8.83. The van der Waals surface area contributed by atoms with E-state index in [1.807, 2.05) is 0 Å². The maximum atomic E-state index is 13.1. The number of aromatic nitrogens is 2. The lowest BCUT2D eigenvalue weighted by atomic mass is 10.0. The Labute approximate surface area is 220 Å². The Bertz CT molecular complexity index is 1010. The van der Waals surface area contributed by atoms with Gasteiger partial charge in [0.05, 0.1) is 6.04 Å². The first-order valence-corrected chi connectivity index (χ1v) is 12.4. The van der Waals surface area contributed by atoms with Crippen molar-refractivity contribution < 1.29 is 28.8 Å². The van der Waals surface area contributed by atoms with E-state index in [1.165, 1.54) is 13.1 Å². The van der Waals surface area contributed by atoms with Crippen LogP contribution in [0.2, 0.25) is 0 Å². The summed E-state index contributed by atoms with van der Waals surface area (Å²) in [5, 5.41) is 12.5. The second-order valence-electron chi connectivity index (χ2n) is 9.50. The predicted octanol–water partition coefficient (Wildman–Crippen LogP) is -3.32. The van der Waals surface area contributed by atoms with Gasteiger partial charge in [0, 0.05) is 25.4 Å². The molecular weight excluding hydrogens is 498 g/mol. The zero-order valence-corrected chi connectivity index (χ0v) is 21.7. The van der Waals surface area contributed by atoms with Gasteiger partial charge in [-0.25, -0.2) is 4.98 Å². The maximum absolute atomic E-state index is 13.1. The van der Waals surface area contributed by atoms with Crippen molar-refractivity contribution in [1.29, 1.82) is 0 Å². The van der Waals surface area contributed by atoms with Gasteiger partial charge in [-0.3, -0.25) is 28.8 Å². The van der Waals surface area contributed by atoms with E-state index in [4.69, 9.17) is 11.5 Å². The van der Waals surface area contributed by atoms with Gasteiger partial charge in [-0.15, -0.1) is 0 Å². The summed E-state index contributed by atoms with van der Waals surface area (Å²) < 4.78 is 0. The zero-order chi connectivity index (χ0) is 28.4. The summed E-state index contributed by atoms with van der Waals surface area (Å²) in [5.74, 6) is -4.61. The van der Waals surface area contributed by atoms with E-state index in [9.17, 15) is 28.8 Å². The van der Waals surface area contributed by atoms with Crippen molar-refractivity contribution in [2.24, 2.45) is 17.4 Å². The highest BCUT2D eigenvalue weighted by Crippen LogP contribution is 2.06. The zero-order valence-electron chi connectivity index (χ0n) is 21.7. The molecule has 0 aromatic carbocycles. The van der Waals surface area contributed by atoms with Crippen LogP contribution < -0.4 is 38.1 Å². The number of carbonyl (C=O) groups is 6. The highest BCUT2D eigenvalue weighted by atomic mass is 16.2. The van der Waals surface area contributed by atoms with Gasteiger partial charge in [-0.05, 0) is 32.1 Å². The van der Waals surface area contributed by atoms with Crippen molar-refractivity contribution >= 4 is 35.4 Å². The van der Waals surface area contributed by atoms with Crippen LogP contribution in [0.3, 0.4) is 0 Å². The molecule has 15 heteroatoms. The molecule has 5 atom stereocenters. The van der Waals surface area contributed by atoms with Crippen LogP contribution in [0.5, 0.6) is 0 Å². The fourth-order valence-electron chi connectivity index (χ4n) is 3.72. The third-order valence-corrected chi connectivity index (χ3v) is 6.00. The standard InChI is InChI=1S/C23H37N9O6/c1-11(2)16-23(38)32-17(18(25)33)22(37)28-7-5-4-6-13(24)20(35)30-14(10-15-26-8-9-27-15)21(36)29-12(3)19(34)31-16/h8-9,11-14,16-17H,4-7,10,24H2,1-3H3,(H2,25,33)(H,26,27)(H,28,37)(H,29,36)(H,30,35)(H,31,34)(H,32,38)/t12-,13-,14-,16-,17+/m0/s1. The van der Waals surface area contributed by atoms with E-state index in [0.29, 0.717) is 18.7 Å². The molecule has 0 bridgehead atoms. The van der Waals surface area contributed by atoms with Crippen molar-refractivity contribution in [2.75, 3.05) is 6.54 Å². The fourth-order valence-corrected chi connectivity index (χ4v) is 3.72. The molecule has 1 saturated heterocycles. The molecule has 0 aliphatic carbocycles. The number of primary amides is 1. The molecule has 15 nitrogen and oxygen atoms in total. The molecule has 0 spiro atoms. The molecule has 1 fully saturated rings. The third-order valence-electron chi connectivity index (χ3n) is 6.00. The molecule has 2 rings (SSSR count). The lowest BCUT2D eigenvalue weighted by Crippen LogP contribution is -2.61. The Morgan fingerprint density at radius 3 is 2.29 bits per heavy atom. The van der Waals surface area contributed by atoms with Gasteiger partial charge in [-0.1, -0.05) is 13.8 Å². The first-order valence-electron chi connectivity index (χ1n) is 12.4. The van der Waals surface area contributed by atoms with Crippen LogP contribution in [0.15, 0.2) is 12.4 Å². The van der Waals surface area contributed by atoms with Crippen molar-refractivity contribution in [1.82, 2.24) is 36.6 Å². The Hall–Kier alpha value is -4.01. The fraction of sp³-hybridized carbons (Fsp3) is 0.609. The van der Waals surface area contributed by atoms with Gasteiger partial charge in [0.2, 0.25) is 29.5 Å². The summed E-state index contributed by atoms with van der Waals surface area (Å²) in [6.45, 7) is 4.85. The van der Waals surface area contributed by atoms with Gasteiger partial charge in [0.1, 0.15) is 23.9 Å². The second kappa shape index (κ2) is 14.1. The van der Waals surface area contributed by atoms with Crippen molar-refractivity contribution in [3.8, 4) is 0 Å². The number of rotatable bonds is 4. The van der Waals surface area contributed by atoms with E-state index in [0.717, 1.165) is 0 Å². The van der Waals surface area contributed by atoms with Crippen LogP contribution in [-0.2, 0) is 35.2 Å². The molecule has 210 valence electrons. The van der Waals surface area contributed by atoms with Crippen molar-refractivity contribution in [3.05, 3.63) is 18.2 Å². The van der Waals surface area contributed by atoms with Crippen molar-refractivity contribution in [3.63, 3.8) is 0 Å². The molecule has 38 heavy (non-hydrogen) atoms. The van der Waals surface area contributed by atoms with E-state index in [-0.39, 0.29) is 19.4 Å². The summed E-state index contributed by atoms with van der Waals surface area (Å²) in [6, 6.07) is -5.94. The molecule has 6 amide bonds. The Balaban J connectivity index is 2.29. The highest BCUT2D eigenvalue weighted by Gasteiger charge is 2.33. The molecule has 1 aromatic rings. The van der Waals surface area contributed by atoms with Crippen LogP contribution in [0.4, 0.5) is 0 Å². The summed E-state index contributed by atoms with van der Waals surface area (Å²) >= 11 is 0. The average molecular weight is 536 g/mol. The number of H-pyrrole nitrogens is 1. The summed E-state index contributed by atoms with van der Waals surface area (Å²) in [4.78, 5) is 82.9. The number of nitrogens with zero attached hydrogens (tertiary/aromatic N) is 1. The largest absolute Gasteiger partial charge is 0.367 e. The van der Waals surface area contributed by atoms with Gasteiger partial charge < -0.3 is 43.0 Å². The van der Waals surface area contributed by atoms with Crippen LogP contribution in [-0.4, -0.2) is 82.2 Å². The number of carbonyl (C=O) groups excluding carboxylic acids is 6. The molecule has 1 aromatic heterocycles.